The topological polar surface area (TPSA) is 94.1 Å². The molecule has 0 radical (unpaired) electrons. The Morgan fingerprint density at radius 3 is 2.93 bits per heavy atom. The van der Waals surface area contributed by atoms with Gasteiger partial charge in [0, 0.05) is 12.1 Å². The lowest BCUT2D eigenvalue weighted by Crippen LogP contribution is -2.12. The fraction of sp³-hybridized carbons (Fsp3) is 0.263. The Morgan fingerprint density at radius 2 is 2.24 bits per heavy atom. The monoisotopic (exact) mass is 431 g/mol. The third-order valence-electron chi connectivity index (χ3n) is 4.02. The number of anilines is 1. The van der Waals surface area contributed by atoms with E-state index < -0.39 is 0 Å². The van der Waals surface area contributed by atoms with Gasteiger partial charge in [-0.25, -0.2) is 4.98 Å². The SMILES string of the molecule is C=CCn1c(-c2sc(NC(=O)c3ccc(OCC)c(OC)c3)nc2C)n[nH]c1=S. The summed E-state index contributed by atoms with van der Waals surface area (Å²) in [7, 11) is 1.53. The number of ether oxygens (including phenoxy) is 2. The van der Waals surface area contributed by atoms with Crippen LogP contribution in [-0.4, -0.2) is 39.4 Å². The van der Waals surface area contributed by atoms with E-state index in [0.29, 0.717) is 45.9 Å². The van der Waals surface area contributed by atoms with Crippen LogP contribution in [0.25, 0.3) is 10.7 Å². The number of aromatic amines is 1. The van der Waals surface area contributed by atoms with E-state index in [1.807, 2.05) is 18.4 Å². The van der Waals surface area contributed by atoms with Crippen molar-refractivity contribution in [2.45, 2.75) is 20.4 Å². The lowest BCUT2D eigenvalue weighted by molar-refractivity contribution is 0.102. The summed E-state index contributed by atoms with van der Waals surface area (Å²) in [5.74, 6) is 1.45. The number of amides is 1. The predicted molar refractivity (Wildman–Crippen MR) is 116 cm³/mol. The summed E-state index contributed by atoms with van der Waals surface area (Å²) in [5, 5.41) is 10.4. The zero-order chi connectivity index (χ0) is 21.0. The van der Waals surface area contributed by atoms with E-state index in [4.69, 9.17) is 21.7 Å². The van der Waals surface area contributed by atoms with Gasteiger partial charge in [0.2, 0.25) is 0 Å². The van der Waals surface area contributed by atoms with E-state index in [2.05, 4.69) is 27.1 Å². The molecule has 0 spiro atoms. The highest BCUT2D eigenvalue weighted by Gasteiger charge is 2.18. The van der Waals surface area contributed by atoms with E-state index in [1.165, 1.54) is 18.4 Å². The minimum Gasteiger partial charge on any atom is -0.493 e. The van der Waals surface area contributed by atoms with Crippen LogP contribution in [-0.2, 0) is 6.54 Å². The largest absolute Gasteiger partial charge is 0.493 e. The summed E-state index contributed by atoms with van der Waals surface area (Å²) in [6.45, 7) is 8.52. The molecule has 3 aromatic rings. The van der Waals surface area contributed by atoms with Crippen LogP contribution in [0.2, 0.25) is 0 Å². The summed E-state index contributed by atoms with van der Waals surface area (Å²) >= 11 is 6.59. The molecule has 8 nitrogen and oxygen atoms in total. The zero-order valence-corrected chi connectivity index (χ0v) is 17.9. The number of aryl methyl sites for hydroxylation is 1. The second kappa shape index (κ2) is 9.01. The Kier molecular flexibility index (Phi) is 6.45. The second-order valence-corrected chi connectivity index (χ2v) is 7.32. The average molecular weight is 432 g/mol. The molecule has 2 aromatic heterocycles. The third-order valence-corrected chi connectivity index (χ3v) is 5.40. The molecule has 0 aliphatic carbocycles. The van der Waals surface area contributed by atoms with E-state index >= 15 is 0 Å². The number of methoxy groups -OCH3 is 1. The lowest BCUT2D eigenvalue weighted by Gasteiger charge is -2.10. The van der Waals surface area contributed by atoms with E-state index in [0.717, 1.165) is 10.6 Å². The first-order valence-electron chi connectivity index (χ1n) is 8.84. The van der Waals surface area contributed by atoms with Crippen molar-refractivity contribution in [2.24, 2.45) is 0 Å². The van der Waals surface area contributed by atoms with Crippen molar-refractivity contribution in [3.63, 3.8) is 0 Å². The second-order valence-electron chi connectivity index (χ2n) is 5.94. The molecule has 0 bridgehead atoms. The van der Waals surface area contributed by atoms with Crippen molar-refractivity contribution in [3.8, 4) is 22.2 Å². The number of rotatable bonds is 8. The van der Waals surface area contributed by atoms with Crippen molar-refractivity contribution >= 4 is 34.6 Å². The summed E-state index contributed by atoms with van der Waals surface area (Å²) in [6, 6.07) is 5.03. The van der Waals surface area contributed by atoms with Crippen LogP contribution < -0.4 is 14.8 Å². The number of nitrogens with zero attached hydrogens (tertiary/aromatic N) is 3. The van der Waals surface area contributed by atoms with Gasteiger partial charge in [-0.05, 0) is 44.3 Å². The van der Waals surface area contributed by atoms with Crippen molar-refractivity contribution in [1.82, 2.24) is 19.7 Å². The molecule has 152 valence electrons. The maximum Gasteiger partial charge on any atom is 0.257 e. The van der Waals surface area contributed by atoms with Crippen molar-refractivity contribution in [3.05, 3.63) is 46.9 Å². The fourth-order valence-electron chi connectivity index (χ4n) is 2.70. The highest BCUT2D eigenvalue weighted by Crippen LogP contribution is 2.33. The molecule has 2 heterocycles. The molecule has 0 unspecified atom stereocenters. The molecule has 3 rings (SSSR count). The van der Waals surface area contributed by atoms with Crippen LogP contribution >= 0.6 is 23.6 Å². The molecular formula is C19H21N5O3S2. The molecule has 0 aliphatic heterocycles. The first-order valence-corrected chi connectivity index (χ1v) is 10.1. The van der Waals surface area contributed by atoms with Gasteiger partial charge in [-0.2, -0.15) is 5.10 Å². The van der Waals surface area contributed by atoms with Gasteiger partial charge < -0.3 is 9.47 Å². The van der Waals surface area contributed by atoms with Gasteiger partial charge in [0.25, 0.3) is 5.91 Å². The average Bonchev–Trinajstić information content (AvgIpc) is 3.24. The van der Waals surface area contributed by atoms with Gasteiger partial charge >= 0.3 is 0 Å². The van der Waals surface area contributed by atoms with Crippen molar-refractivity contribution < 1.29 is 14.3 Å². The summed E-state index contributed by atoms with van der Waals surface area (Å²) in [6.07, 6.45) is 1.74. The van der Waals surface area contributed by atoms with Crippen LogP contribution in [0.3, 0.4) is 0 Å². The van der Waals surface area contributed by atoms with Crippen molar-refractivity contribution in [2.75, 3.05) is 19.0 Å². The molecule has 0 atom stereocenters. The Balaban J connectivity index is 1.85. The highest BCUT2D eigenvalue weighted by atomic mass is 32.1. The highest BCUT2D eigenvalue weighted by molar-refractivity contribution is 7.71. The quantitative estimate of drug-likeness (QED) is 0.410. The Hall–Kier alpha value is -2.98. The van der Waals surface area contributed by atoms with Crippen LogP contribution in [0.1, 0.15) is 23.0 Å². The number of aromatic nitrogens is 4. The molecule has 0 fully saturated rings. The Labute approximate surface area is 177 Å². The maximum atomic E-state index is 12.7. The normalized spacial score (nSPS) is 10.6. The minimum atomic E-state index is -0.295. The molecule has 0 saturated heterocycles. The van der Waals surface area contributed by atoms with E-state index in [-0.39, 0.29) is 5.91 Å². The molecular weight excluding hydrogens is 410 g/mol. The number of allylic oxidation sites excluding steroid dienone is 1. The molecule has 0 saturated carbocycles. The lowest BCUT2D eigenvalue weighted by atomic mass is 10.2. The molecule has 0 aliphatic rings. The number of carbonyl (C=O) groups is 1. The Bertz CT molecular complexity index is 1100. The summed E-state index contributed by atoms with van der Waals surface area (Å²) < 4.78 is 13.1. The molecule has 1 amide bonds. The number of nitrogens with one attached hydrogen (secondary N) is 2. The van der Waals surface area contributed by atoms with Crippen LogP contribution in [0.5, 0.6) is 11.5 Å². The molecule has 1 aromatic carbocycles. The maximum absolute atomic E-state index is 12.7. The first kappa shape index (κ1) is 20.7. The fourth-order valence-corrected chi connectivity index (χ4v) is 3.87. The number of thiazole rings is 1. The third kappa shape index (κ3) is 4.38. The zero-order valence-electron chi connectivity index (χ0n) is 16.3. The van der Waals surface area contributed by atoms with Crippen molar-refractivity contribution in [1.29, 1.82) is 0 Å². The van der Waals surface area contributed by atoms with Gasteiger partial charge in [-0.15, -0.1) is 6.58 Å². The Morgan fingerprint density at radius 1 is 1.45 bits per heavy atom. The van der Waals surface area contributed by atoms with Gasteiger partial charge in [0.05, 0.1) is 24.3 Å². The number of carbonyl (C=O) groups excluding carboxylic acids is 1. The van der Waals surface area contributed by atoms with Gasteiger partial charge in [0.1, 0.15) is 0 Å². The van der Waals surface area contributed by atoms with E-state index in [1.54, 1.807) is 24.3 Å². The predicted octanol–water partition coefficient (Wildman–Crippen LogP) is 4.22. The van der Waals surface area contributed by atoms with Gasteiger partial charge in [-0.1, -0.05) is 17.4 Å². The molecule has 10 heteroatoms. The molecule has 29 heavy (non-hydrogen) atoms. The number of H-pyrrole nitrogens is 1. The summed E-state index contributed by atoms with van der Waals surface area (Å²) in [4.78, 5) is 18.0. The first-order chi connectivity index (χ1) is 14.0. The molecule has 2 N–H and O–H groups in total. The summed E-state index contributed by atoms with van der Waals surface area (Å²) in [5.41, 5.74) is 1.18. The number of benzene rings is 1. The van der Waals surface area contributed by atoms with Crippen LogP contribution in [0, 0.1) is 11.7 Å². The van der Waals surface area contributed by atoms with E-state index in [9.17, 15) is 4.79 Å². The van der Waals surface area contributed by atoms with Crippen LogP contribution in [0.4, 0.5) is 5.13 Å². The van der Waals surface area contributed by atoms with Crippen LogP contribution in [0.15, 0.2) is 30.9 Å². The number of hydrogen-bond acceptors (Lipinski definition) is 7. The van der Waals surface area contributed by atoms with Gasteiger partial charge in [-0.3, -0.25) is 19.8 Å². The van der Waals surface area contributed by atoms with Gasteiger partial charge in [0.15, 0.2) is 27.2 Å². The smallest absolute Gasteiger partial charge is 0.257 e. The standard InChI is InChI=1S/C19H21N5O3S2/c1-5-9-24-16(22-23-19(24)28)15-11(3)20-18(29-15)21-17(25)12-7-8-13(27-6-2)14(10-12)26-4/h5,7-8,10H,1,6,9H2,2-4H3,(H,23,28)(H,20,21,25). The minimum absolute atomic E-state index is 0.295. The number of hydrogen-bond donors (Lipinski definition) is 2.